The lowest BCUT2D eigenvalue weighted by atomic mass is 10.1. The molecule has 3 rings (SSSR count). The van der Waals surface area contributed by atoms with Gasteiger partial charge in [0.1, 0.15) is 11.9 Å². The topological polar surface area (TPSA) is 184 Å². The summed E-state index contributed by atoms with van der Waals surface area (Å²) in [5.41, 5.74) is 13.9. The van der Waals surface area contributed by atoms with E-state index in [0.29, 0.717) is 34.6 Å². The van der Waals surface area contributed by atoms with Crippen LogP contribution in [0.3, 0.4) is 0 Å². The molecule has 2 aromatic heterocycles. The van der Waals surface area contributed by atoms with Gasteiger partial charge in [-0.25, -0.2) is 9.78 Å². The van der Waals surface area contributed by atoms with Gasteiger partial charge in [0.2, 0.25) is 0 Å². The zero-order chi connectivity index (χ0) is 22.5. The summed E-state index contributed by atoms with van der Waals surface area (Å²) < 4.78 is 0. The second kappa shape index (κ2) is 9.34. The first-order chi connectivity index (χ1) is 14.7. The van der Waals surface area contributed by atoms with Gasteiger partial charge >= 0.3 is 11.9 Å². The molecule has 2 aromatic rings. The Morgan fingerprint density at radius 3 is 2.74 bits per heavy atom. The van der Waals surface area contributed by atoms with Gasteiger partial charge in [0.05, 0.1) is 22.2 Å². The van der Waals surface area contributed by atoms with Crippen molar-refractivity contribution in [3.63, 3.8) is 0 Å². The molecule has 11 nitrogen and oxygen atoms in total. The number of fused-ring (bicyclic) bond motifs is 1. The van der Waals surface area contributed by atoms with Crippen LogP contribution in [-0.4, -0.2) is 50.7 Å². The van der Waals surface area contributed by atoms with Crippen molar-refractivity contribution in [2.75, 3.05) is 23.5 Å². The number of carbonyl (C=O) groups excluding carboxylic acids is 1. The summed E-state index contributed by atoms with van der Waals surface area (Å²) in [6.45, 7) is 0.984. The van der Waals surface area contributed by atoms with Crippen LogP contribution < -0.4 is 22.1 Å². The van der Waals surface area contributed by atoms with Crippen LogP contribution in [-0.2, 0) is 16.1 Å². The van der Waals surface area contributed by atoms with E-state index >= 15 is 0 Å². The number of carboxylic acid groups (broad SMARTS) is 2. The second-order valence-corrected chi connectivity index (χ2v) is 7.94. The molecule has 3 heterocycles. The van der Waals surface area contributed by atoms with Crippen LogP contribution >= 0.6 is 11.3 Å². The molecule has 0 unspecified atom stereocenters. The molecule has 0 radical (unpaired) electrons. The fourth-order valence-corrected chi connectivity index (χ4v) is 3.77. The average molecular weight is 446 g/mol. The maximum atomic E-state index is 12.3. The van der Waals surface area contributed by atoms with Gasteiger partial charge in [-0.15, -0.1) is 11.3 Å². The van der Waals surface area contributed by atoms with E-state index < -0.39 is 23.9 Å². The van der Waals surface area contributed by atoms with Gasteiger partial charge in [0, 0.05) is 36.5 Å². The molecule has 0 aromatic carbocycles. The summed E-state index contributed by atoms with van der Waals surface area (Å²) >= 11 is 1.16. The molecule has 0 fully saturated rings. The fourth-order valence-electron chi connectivity index (χ4n) is 2.97. The van der Waals surface area contributed by atoms with Crippen molar-refractivity contribution < 1.29 is 24.6 Å². The van der Waals surface area contributed by atoms with E-state index in [2.05, 4.69) is 15.6 Å². The number of carbonyl (C=O) groups is 3. The number of anilines is 3. The number of nitrogens with two attached hydrogens (primary N) is 2. The van der Waals surface area contributed by atoms with Crippen LogP contribution in [0.15, 0.2) is 24.4 Å². The lowest BCUT2D eigenvalue weighted by molar-refractivity contribution is -0.140. The normalized spacial score (nSPS) is 13.4. The molecular weight excluding hydrogens is 424 g/mol. The SMILES string of the molecule is Nc1cc(N)c2c(n1)C=CN(CNc1ccc(C(=O)N[C@@H](CCC(=O)O)C(=O)O)s1)C2. The number of hydrogen-bond donors (Lipinski definition) is 6. The molecule has 8 N–H and O–H groups in total. The summed E-state index contributed by atoms with van der Waals surface area (Å²) in [7, 11) is 0. The minimum atomic E-state index is -1.28. The number of nitrogens with one attached hydrogen (secondary N) is 2. The third-order valence-electron chi connectivity index (χ3n) is 4.55. The zero-order valence-corrected chi connectivity index (χ0v) is 17.2. The maximum absolute atomic E-state index is 12.3. The van der Waals surface area contributed by atoms with E-state index in [4.69, 9.17) is 16.6 Å². The van der Waals surface area contributed by atoms with Gasteiger partial charge in [-0.05, 0) is 24.6 Å². The Labute approximate surface area is 181 Å². The number of hydrogen-bond acceptors (Lipinski definition) is 9. The molecule has 0 saturated carbocycles. The fraction of sp³-hybridized carbons (Fsp3) is 0.263. The molecule has 0 aliphatic carbocycles. The molecule has 31 heavy (non-hydrogen) atoms. The number of nitrogens with zero attached hydrogens (tertiary/aromatic N) is 2. The van der Waals surface area contributed by atoms with Crippen LogP contribution in [0.25, 0.3) is 6.08 Å². The number of pyridine rings is 1. The van der Waals surface area contributed by atoms with Crippen molar-refractivity contribution >= 4 is 51.8 Å². The van der Waals surface area contributed by atoms with Gasteiger partial charge in [-0.2, -0.15) is 0 Å². The van der Waals surface area contributed by atoms with Crippen LogP contribution in [0.2, 0.25) is 0 Å². The van der Waals surface area contributed by atoms with Gasteiger partial charge in [-0.1, -0.05) is 0 Å². The minimum Gasteiger partial charge on any atom is -0.481 e. The van der Waals surface area contributed by atoms with Crippen LogP contribution in [0.5, 0.6) is 0 Å². The van der Waals surface area contributed by atoms with Crippen LogP contribution in [0, 0.1) is 0 Å². The zero-order valence-electron chi connectivity index (χ0n) is 16.4. The lowest BCUT2D eigenvalue weighted by Crippen LogP contribution is -2.40. The summed E-state index contributed by atoms with van der Waals surface area (Å²) in [5, 5.41) is 24.2. The third kappa shape index (κ3) is 5.63. The van der Waals surface area contributed by atoms with Crippen molar-refractivity contribution in [1.29, 1.82) is 0 Å². The number of carboxylic acids is 2. The van der Waals surface area contributed by atoms with Gasteiger partial charge in [0.15, 0.2) is 0 Å². The van der Waals surface area contributed by atoms with Crippen molar-refractivity contribution in [3.8, 4) is 0 Å². The van der Waals surface area contributed by atoms with E-state index in [1.807, 2.05) is 17.2 Å². The highest BCUT2D eigenvalue weighted by molar-refractivity contribution is 7.17. The smallest absolute Gasteiger partial charge is 0.326 e. The maximum Gasteiger partial charge on any atom is 0.326 e. The highest BCUT2D eigenvalue weighted by Gasteiger charge is 2.22. The molecule has 1 aliphatic heterocycles. The quantitative estimate of drug-likeness (QED) is 0.327. The highest BCUT2D eigenvalue weighted by atomic mass is 32.1. The van der Waals surface area contributed by atoms with Crippen molar-refractivity contribution in [2.24, 2.45) is 0 Å². The first-order valence-electron chi connectivity index (χ1n) is 9.29. The molecule has 1 amide bonds. The number of nitrogen functional groups attached to an aromatic ring is 2. The van der Waals surface area contributed by atoms with E-state index in [-0.39, 0.29) is 12.8 Å². The third-order valence-corrected chi connectivity index (χ3v) is 5.59. The summed E-state index contributed by atoms with van der Waals surface area (Å²) in [6, 6.07) is 3.64. The molecule has 0 saturated heterocycles. The monoisotopic (exact) mass is 446 g/mol. The highest BCUT2D eigenvalue weighted by Crippen LogP contribution is 2.26. The largest absolute Gasteiger partial charge is 0.481 e. The Morgan fingerprint density at radius 2 is 2.03 bits per heavy atom. The summed E-state index contributed by atoms with van der Waals surface area (Å²) in [6.07, 6.45) is 3.14. The molecule has 1 aliphatic rings. The van der Waals surface area contributed by atoms with Crippen molar-refractivity contribution in [1.82, 2.24) is 15.2 Å². The second-order valence-electron chi connectivity index (χ2n) is 6.86. The van der Waals surface area contributed by atoms with E-state index in [1.165, 1.54) is 0 Å². The Bertz CT molecular complexity index is 1040. The number of aromatic nitrogens is 1. The molecular formula is C19H22N6O5S. The summed E-state index contributed by atoms with van der Waals surface area (Å²) in [4.78, 5) is 40.8. The lowest BCUT2D eigenvalue weighted by Gasteiger charge is -2.26. The standard InChI is InChI=1S/C19H22N6O5S/c20-11-7-15(21)23-12-5-6-25(8-10(11)12)9-22-16-3-2-14(31-16)18(28)24-13(19(29)30)1-4-17(26)27/h2-3,5-7,13,22H,1,4,8-9H2,(H,24,28)(H,26,27)(H,29,30)(H4,20,21,23)/t13-/m0/s1. The predicted molar refractivity (Wildman–Crippen MR) is 116 cm³/mol. The molecule has 164 valence electrons. The Hall–Kier alpha value is -3.80. The van der Waals surface area contributed by atoms with E-state index in [9.17, 15) is 19.5 Å². The Morgan fingerprint density at radius 1 is 1.26 bits per heavy atom. The summed E-state index contributed by atoms with van der Waals surface area (Å²) in [5.74, 6) is -2.61. The van der Waals surface area contributed by atoms with Crippen molar-refractivity contribution in [2.45, 2.75) is 25.4 Å². The van der Waals surface area contributed by atoms with E-state index in [0.717, 1.165) is 22.6 Å². The average Bonchev–Trinajstić information content (AvgIpc) is 3.18. The number of thiophene rings is 1. The molecule has 1 atom stereocenters. The Balaban J connectivity index is 1.56. The number of aliphatic carboxylic acids is 2. The number of amides is 1. The molecule has 0 bridgehead atoms. The molecule has 0 spiro atoms. The van der Waals surface area contributed by atoms with Gasteiger partial charge in [0.25, 0.3) is 5.91 Å². The Kier molecular flexibility index (Phi) is 6.60. The number of rotatable bonds is 9. The van der Waals surface area contributed by atoms with E-state index in [1.54, 1.807) is 18.2 Å². The first-order valence-corrected chi connectivity index (χ1v) is 10.1. The van der Waals surface area contributed by atoms with Gasteiger partial charge in [-0.3, -0.25) is 9.59 Å². The first kappa shape index (κ1) is 21.9. The minimum absolute atomic E-state index is 0.195. The van der Waals surface area contributed by atoms with Crippen LogP contribution in [0.1, 0.15) is 33.8 Å². The molecule has 12 heteroatoms. The van der Waals surface area contributed by atoms with Crippen molar-refractivity contribution in [3.05, 3.63) is 40.5 Å². The van der Waals surface area contributed by atoms with Crippen LogP contribution in [0.4, 0.5) is 16.5 Å². The van der Waals surface area contributed by atoms with Gasteiger partial charge < -0.3 is 37.2 Å². The predicted octanol–water partition coefficient (Wildman–Crippen LogP) is 1.21.